The predicted molar refractivity (Wildman–Crippen MR) is 79.0 cm³/mol. The molecule has 0 aliphatic carbocycles. The van der Waals surface area contributed by atoms with Crippen LogP contribution in [0.25, 0.3) is 0 Å². The number of nitrogens with one attached hydrogen (secondary N) is 1. The number of aliphatic hydroxyl groups is 1. The largest absolute Gasteiger partial charge is 0.506 e. The molecule has 21 heavy (non-hydrogen) atoms. The molecule has 0 spiro atoms. The van der Waals surface area contributed by atoms with Crippen molar-refractivity contribution in [2.24, 2.45) is 0 Å². The lowest BCUT2D eigenvalue weighted by Crippen LogP contribution is -2.25. The van der Waals surface area contributed by atoms with Crippen LogP contribution in [-0.4, -0.2) is 62.0 Å². The Hall–Kier alpha value is -1.05. The summed E-state index contributed by atoms with van der Waals surface area (Å²) >= 11 is 5.71. The molecule has 1 aliphatic heterocycles. The van der Waals surface area contributed by atoms with Gasteiger partial charge >= 0.3 is 0 Å². The Kier molecular flexibility index (Phi) is 6.53. The molecule has 7 heteroatoms. The molecule has 0 radical (unpaired) electrons. The number of ether oxygens (including phenoxy) is 3. The molecule has 0 saturated carbocycles. The van der Waals surface area contributed by atoms with Crippen LogP contribution in [0.1, 0.15) is 0 Å². The zero-order valence-corrected chi connectivity index (χ0v) is 12.4. The molecular weight excluding hydrogens is 298 g/mol. The minimum Gasteiger partial charge on any atom is -0.506 e. The molecule has 2 unspecified atom stereocenters. The average molecular weight is 318 g/mol. The van der Waals surface area contributed by atoms with E-state index in [0.717, 1.165) is 6.61 Å². The van der Waals surface area contributed by atoms with E-state index in [2.05, 4.69) is 5.32 Å². The Morgan fingerprint density at radius 3 is 2.86 bits per heavy atom. The van der Waals surface area contributed by atoms with Crippen molar-refractivity contribution in [3.05, 3.63) is 23.2 Å². The van der Waals surface area contributed by atoms with Crippen molar-refractivity contribution in [3.8, 4) is 5.75 Å². The van der Waals surface area contributed by atoms with Crippen LogP contribution >= 0.6 is 11.6 Å². The molecule has 0 bridgehead atoms. The van der Waals surface area contributed by atoms with E-state index in [4.69, 9.17) is 25.8 Å². The summed E-state index contributed by atoms with van der Waals surface area (Å²) in [6.07, 6.45) is -0.384. The number of hydrogen-bond acceptors (Lipinski definition) is 6. The van der Waals surface area contributed by atoms with Crippen molar-refractivity contribution < 1.29 is 24.4 Å². The Balaban J connectivity index is 1.51. The highest BCUT2D eigenvalue weighted by atomic mass is 35.5. The van der Waals surface area contributed by atoms with Crippen molar-refractivity contribution in [2.75, 3.05) is 44.9 Å². The summed E-state index contributed by atoms with van der Waals surface area (Å²) in [7, 11) is 0. The Morgan fingerprint density at radius 2 is 2.14 bits per heavy atom. The first kappa shape index (κ1) is 16.3. The molecular formula is C14H20ClNO5. The highest BCUT2D eigenvalue weighted by molar-refractivity contribution is 6.32. The van der Waals surface area contributed by atoms with Crippen molar-refractivity contribution in [1.82, 2.24) is 0 Å². The molecule has 1 saturated heterocycles. The zero-order chi connectivity index (χ0) is 15.1. The van der Waals surface area contributed by atoms with Gasteiger partial charge in [0.05, 0.1) is 44.2 Å². The second kappa shape index (κ2) is 8.41. The van der Waals surface area contributed by atoms with Gasteiger partial charge in [0, 0.05) is 18.3 Å². The molecule has 2 rings (SSSR count). The molecule has 0 aromatic heterocycles. The Bertz CT molecular complexity index is 441. The molecule has 0 amide bonds. The monoisotopic (exact) mass is 317 g/mol. The third kappa shape index (κ3) is 6.50. The van der Waals surface area contributed by atoms with E-state index in [9.17, 15) is 10.2 Å². The van der Waals surface area contributed by atoms with Crippen LogP contribution in [0.2, 0.25) is 5.02 Å². The van der Waals surface area contributed by atoms with Gasteiger partial charge in [-0.2, -0.15) is 0 Å². The molecule has 1 fully saturated rings. The number of phenols is 1. The Labute approximate surface area is 128 Å². The number of halogens is 1. The van der Waals surface area contributed by atoms with E-state index in [1.807, 2.05) is 0 Å². The van der Waals surface area contributed by atoms with Gasteiger partial charge in [0.15, 0.2) is 0 Å². The lowest BCUT2D eigenvalue weighted by Gasteiger charge is -2.13. The third-order valence-electron chi connectivity index (χ3n) is 2.88. The van der Waals surface area contributed by atoms with E-state index >= 15 is 0 Å². The number of anilines is 1. The van der Waals surface area contributed by atoms with E-state index in [1.54, 1.807) is 12.1 Å². The quantitative estimate of drug-likeness (QED) is 0.445. The first-order chi connectivity index (χ1) is 10.1. The van der Waals surface area contributed by atoms with Gasteiger partial charge in [-0.3, -0.25) is 0 Å². The second-order valence-electron chi connectivity index (χ2n) is 4.81. The van der Waals surface area contributed by atoms with Gasteiger partial charge in [-0.25, -0.2) is 0 Å². The minimum atomic E-state index is -0.644. The fourth-order valence-corrected chi connectivity index (χ4v) is 1.75. The van der Waals surface area contributed by atoms with Crippen LogP contribution in [0.3, 0.4) is 0 Å². The fraction of sp³-hybridized carbons (Fsp3) is 0.571. The number of benzene rings is 1. The summed E-state index contributed by atoms with van der Waals surface area (Å²) in [4.78, 5) is 0. The standard InChI is InChI=1S/C14H20ClNO5/c15-13-2-1-10(5-14(13)18)16-6-11(17)7-19-3-4-20-8-12-9-21-12/h1-2,5,11-12,16-18H,3-4,6-9H2. The summed E-state index contributed by atoms with van der Waals surface area (Å²) in [6.45, 7) is 2.85. The van der Waals surface area contributed by atoms with Crippen LogP contribution in [0.15, 0.2) is 18.2 Å². The van der Waals surface area contributed by atoms with E-state index < -0.39 is 6.10 Å². The summed E-state index contributed by atoms with van der Waals surface area (Å²) in [5.74, 6) is 0.00389. The van der Waals surface area contributed by atoms with Gasteiger partial charge in [0.25, 0.3) is 0 Å². The lowest BCUT2D eigenvalue weighted by molar-refractivity contribution is 0.00537. The number of aromatic hydroxyl groups is 1. The molecule has 6 nitrogen and oxygen atoms in total. The lowest BCUT2D eigenvalue weighted by atomic mass is 10.3. The SMILES string of the molecule is Oc1cc(NCC(O)COCCOCC2CO2)ccc1Cl. The molecule has 118 valence electrons. The summed E-state index contributed by atoms with van der Waals surface area (Å²) < 4.78 is 15.6. The fourth-order valence-electron chi connectivity index (χ4n) is 1.63. The maximum atomic E-state index is 9.75. The maximum Gasteiger partial charge on any atom is 0.136 e. The highest BCUT2D eigenvalue weighted by Gasteiger charge is 2.21. The van der Waals surface area contributed by atoms with Gasteiger partial charge in [0.1, 0.15) is 11.9 Å². The first-order valence-corrected chi connectivity index (χ1v) is 7.20. The molecule has 1 heterocycles. The van der Waals surface area contributed by atoms with Gasteiger partial charge in [-0.15, -0.1) is 0 Å². The third-order valence-corrected chi connectivity index (χ3v) is 3.20. The Morgan fingerprint density at radius 1 is 1.38 bits per heavy atom. The predicted octanol–water partition coefficient (Wildman–Crippen LogP) is 1.25. The van der Waals surface area contributed by atoms with E-state index in [1.165, 1.54) is 6.07 Å². The average Bonchev–Trinajstić information content (AvgIpc) is 3.28. The summed E-state index contributed by atoms with van der Waals surface area (Å²) in [5, 5.41) is 22.5. The normalized spacial score (nSPS) is 18.5. The number of epoxide rings is 1. The van der Waals surface area contributed by atoms with Crippen LogP contribution in [0.4, 0.5) is 5.69 Å². The molecule has 1 aromatic carbocycles. The van der Waals surface area contributed by atoms with Gasteiger partial charge < -0.3 is 29.7 Å². The van der Waals surface area contributed by atoms with Crippen molar-refractivity contribution in [3.63, 3.8) is 0 Å². The smallest absolute Gasteiger partial charge is 0.136 e. The number of hydrogen-bond donors (Lipinski definition) is 3. The van der Waals surface area contributed by atoms with Crippen molar-refractivity contribution in [2.45, 2.75) is 12.2 Å². The van der Waals surface area contributed by atoms with Crippen molar-refractivity contribution >= 4 is 17.3 Å². The summed E-state index contributed by atoms with van der Waals surface area (Å²) in [5.41, 5.74) is 0.684. The van der Waals surface area contributed by atoms with Gasteiger partial charge in [-0.05, 0) is 12.1 Å². The molecule has 2 atom stereocenters. The van der Waals surface area contributed by atoms with Gasteiger partial charge in [-0.1, -0.05) is 11.6 Å². The topological polar surface area (TPSA) is 83.5 Å². The molecule has 1 aliphatic rings. The minimum absolute atomic E-state index is 0.00389. The van der Waals surface area contributed by atoms with E-state index in [0.29, 0.717) is 37.1 Å². The van der Waals surface area contributed by atoms with Crippen LogP contribution in [-0.2, 0) is 14.2 Å². The van der Waals surface area contributed by atoms with Crippen LogP contribution in [0, 0.1) is 0 Å². The molecule has 3 N–H and O–H groups in total. The second-order valence-corrected chi connectivity index (χ2v) is 5.21. The summed E-state index contributed by atoms with van der Waals surface area (Å²) in [6, 6.07) is 4.82. The van der Waals surface area contributed by atoms with Gasteiger partial charge in [0.2, 0.25) is 0 Å². The number of aliphatic hydroxyl groups excluding tert-OH is 1. The first-order valence-electron chi connectivity index (χ1n) is 6.82. The molecule has 1 aromatic rings. The van der Waals surface area contributed by atoms with Crippen molar-refractivity contribution in [1.29, 1.82) is 0 Å². The van der Waals surface area contributed by atoms with E-state index in [-0.39, 0.29) is 18.5 Å². The zero-order valence-electron chi connectivity index (χ0n) is 11.6. The highest BCUT2D eigenvalue weighted by Crippen LogP contribution is 2.25. The number of phenolic OH excluding ortho intramolecular Hbond substituents is 1. The van der Waals surface area contributed by atoms with Crippen LogP contribution < -0.4 is 5.32 Å². The number of rotatable bonds is 10. The maximum absolute atomic E-state index is 9.75. The van der Waals surface area contributed by atoms with Crippen LogP contribution in [0.5, 0.6) is 5.75 Å².